The summed E-state index contributed by atoms with van der Waals surface area (Å²) in [6, 6.07) is 0. The molecular formula is C12H17NO5. The number of rotatable bonds is 3. The van der Waals surface area contributed by atoms with Gasteiger partial charge in [0.1, 0.15) is 6.10 Å². The van der Waals surface area contributed by atoms with Crippen molar-refractivity contribution in [2.45, 2.75) is 31.8 Å². The topological polar surface area (TPSA) is 76.1 Å². The molecule has 0 aromatic heterocycles. The van der Waals surface area contributed by atoms with Gasteiger partial charge in [-0.05, 0) is 6.08 Å². The molecule has 6 heteroatoms. The van der Waals surface area contributed by atoms with E-state index in [4.69, 9.17) is 9.47 Å². The Morgan fingerprint density at radius 2 is 2.28 bits per heavy atom. The van der Waals surface area contributed by atoms with Gasteiger partial charge in [-0.3, -0.25) is 14.5 Å². The summed E-state index contributed by atoms with van der Waals surface area (Å²) in [4.78, 5) is 24.3. The van der Waals surface area contributed by atoms with Crippen LogP contribution in [0.25, 0.3) is 0 Å². The van der Waals surface area contributed by atoms with Gasteiger partial charge in [0, 0.05) is 19.2 Å². The maximum Gasteiger partial charge on any atom is 0.236 e. The van der Waals surface area contributed by atoms with Gasteiger partial charge in [-0.25, -0.2) is 0 Å². The van der Waals surface area contributed by atoms with E-state index in [0.717, 1.165) is 0 Å². The molecule has 2 rings (SSSR count). The van der Waals surface area contributed by atoms with Crippen molar-refractivity contribution in [2.75, 3.05) is 13.7 Å². The Balaban J connectivity index is 2.19. The van der Waals surface area contributed by atoms with Crippen LogP contribution in [0.2, 0.25) is 0 Å². The highest BCUT2D eigenvalue weighted by Gasteiger charge is 2.46. The summed E-state index contributed by atoms with van der Waals surface area (Å²) < 4.78 is 11.0. The van der Waals surface area contributed by atoms with Crippen LogP contribution in [0.5, 0.6) is 0 Å². The SMILES string of the molecule is CO[C@@H]1[C@H](C)[C@@H](CO)O[C@H]1N1C=CC(=O)CC1=O. The van der Waals surface area contributed by atoms with Gasteiger partial charge in [0.15, 0.2) is 12.0 Å². The molecule has 0 aromatic carbocycles. The molecule has 0 bridgehead atoms. The molecule has 1 N–H and O–H groups in total. The third-order valence-corrected chi connectivity index (χ3v) is 3.46. The maximum atomic E-state index is 11.8. The molecule has 0 spiro atoms. The summed E-state index contributed by atoms with van der Waals surface area (Å²) in [7, 11) is 1.54. The number of ether oxygens (including phenoxy) is 2. The van der Waals surface area contributed by atoms with Crippen molar-refractivity contribution in [3.63, 3.8) is 0 Å². The van der Waals surface area contributed by atoms with Gasteiger partial charge in [-0.1, -0.05) is 6.92 Å². The molecule has 0 saturated carbocycles. The first-order valence-corrected chi connectivity index (χ1v) is 5.89. The number of carbonyl (C=O) groups is 2. The van der Waals surface area contributed by atoms with Gasteiger partial charge in [-0.2, -0.15) is 0 Å². The molecule has 1 amide bonds. The Labute approximate surface area is 105 Å². The summed E-state index contributed by atoms with van der Waals surface area (Å²) >= 11 is 0. The molecule has 4 atom stereocenters. The second-order valence-electron chi connectivity index (χ2n) is 4.57. The molecule has 2 aliphatic heterocycles. The van der Waals surface area contributed by atoms with Crippen LogP contribution in [0.4, 0.5) is 0 Å². The zero-order chi connectivity index (χ0) is 13.3. The van der Waals surface area contributed by atoms with Gasteiger partial charge < -0.3 is 14.6 Å². The average Bonchev–Trinajstić information content (AvgIpc) is 2.65. The number of amides is 1. The zero-order valence-electron chi connectivity index (χ0n) is 10.4. The van der Waals surface area contributed by atoms with Gasteiger partial charge in [0.25, 0.3) is 0 Å². The first-order chi connectivity index (χ1) is 8.58. The van der Waals surface area contributed by atoms with E-state index < -0.39 is 6.23 Å². The van der Waals surface area contributed by atoms with Crippen molar-refractivity contribution in [1.29, 1.82) is 0 Å². The monoisotopic (exact) mass is 255 g/mol. The highest BCUT2D eigenvalue weighted by atomic mass is 16.6. The smallest absolute Gasteiger partial charge is 0.236 e. The maximum absolute atomic E-state index is 11.8. The van der Waals surface area contributed by atoms with E-state index in [0.29, 0.717) is 0 Å². The summed E-state index contributed by atoms with van der Waals surface area (Å²) in [5, 5.41) is 9.22. The average molecular weight is 255 g/mol. The molecule has 18 heavy (non-hydrogen) atoms. The van der Waals surface area contributed by atoms with Crippen molar-refractivity contribution in [3.05, 3.63) is 12.3 Å². The Bertz CT molecular complexity index is 381. The second-order valence-corrected chi connectivity index (χ2v) is 4.57. The minimum Gasteiger partial charge on any atom is -0.394 e. The number of hydrogen-bond donors (Lipinski definition) is 1. The normalized spacial score (nSPS) is 36.5. The molecular weight excluding hydrogens is 238 g/mol. The Hall–Kier alpha value is -1.24. The standard InChI is InChI=1S/C12H17NO5/c1-7-9(6-14)18-12(11(7)17-2)13-4-3-8(15)5-10(13)16/h3-4,7,9,11-12,14H,5-6H2,1-2H3/t7-,9-,11-,12-/m1/s1. The van der Waals surface area contributed by atoms with Crippen LogP contribution >= 0.6 is 0 Å². The minimum absolute atomic E-state index is 0.0242. The van der Waals surface area contributed by atoms with Gasteiger partial charge >= 0.3 is 0 Å². The molecule has 2 heterocycles. The van der Waals surface area contributed by atoms with Gasteiger partial charge in [-0.15, -0.1) is 0 Å². The fourth-order valence-electron chi connectivity index (χ4n) is 2.39. The predicted molar refractivity (Wildman–Crippen MR) is 61.3 cm³/mol. The van der Waals surface area contributed by atoms with Crippen molar-refractivity contribution in [3.8, 4) is 0 Å². The van der Waals surface area contributed by atoms with E-state index in [1.54, 1.807) is 7.11 Å². The van der Waals surface area contributed by atoms with Crippen LogP contribution in [0.15, 0.2) is 12.3 Å². The third-order valence-electron chi connectivity index (χ3n) is 3.46. The molecule has 0 aliphatic carbocycles. The first-order valence-electron chi connectivity index (χ1n) is 5.89. The summed E-state index contributed by atoms with van der Waals surface area (Å²) in [5.74, 6) is -0.542. The summed E-state index contributed by atoms with van der Waals surface area (Å²) in [6.07, 6.45) is 1.37. The molecule has 0 radical (unpaired) electrons. The van der Waals surface area contributed by atoms with E-state index in [9.17, 15) is 14.7 Å². The van der Waals surface area contributed by atoms with Crippen molar-refractivity contribution in [1.82, 2.24) is 4.90 Å². The number of allylic oxidation sites excluding steroid dienone is 1. The second kappa shape index (κ2) is 5.17. The predicted octanol–water partition coefficient (Wildman–Crippen LogP) is -0.330. The molecule has 100 valence electrons. The van der Waals surface area contributed by atoms with Crippen molar-refractivity contribution in [2.24, 2.45) is 5.92 Å². The van der Waals surface area contributed by atoms with Crippen LogP contribution in [0.3, 0.4) is 0 Å². The van der Waals surface area contributed by atoms with E-state index >= 15 is 0 Å². The lowest BCUT2D eigenvalue weighted by Gasteiger charge is -2.30. The first kappa shape index (κ1) is 13.2. The van der Waals surface area contributed by atoms with E-state index in [2.05, 4.69) is 0 Å². The van der Waals surface area contributed by atoms with Gasteiger partial charge in [0.2, 0.25) is 5.91 Å². The fourth-order valence-corrected chi connectivity index (χ4v) is 2.39. The van der Waals surface area contributed by atoms with Gasteiger partial charge in [0.05, 0.1) is 19.1 Å². The van der Waals surface area contributed by atoms with E-state index in [1.165, 1.54) is 17.2 Å². The number of aliphatic hydroxyl groups excluding tert-OH is 1. The van der Waals surface area contributed by atoms with E-state index in [1.807, 2.05) is 6.92 Å². The number of carbonyl (C=O) groups excluding carboxylic acids is 2. The number of ketones is 1. The minimum atomic E-state index is -0.584. The third kappa shape index (κ3) is 2.19. The Kier molecular flexibility index (Phi) is 3.79. The Morgan fingerprint density at radius 3 is 2.83 bits per heavy atom. The van der Waals surface area contributed by atoms with Crippen LogP contribution < -0.4 is 0 Å². The quantitative estimate of drug-likeness (QED) is 0.699. The Morgan fingerprint density at radius 1 is 1.56 bits per heavy atom. The summed E-state index contributed by atoms with van der Waals surface area (Å²) in [6.45, 7) is 1.78. The largest absolute Gasteiger partial charge is 0.394 e. The van der Waals surface area contributed by atoms with Crippen molar-refractivity contribution < 1.29 is 24.2 Å². The van der Waals surface area contributed by atoms with Crippen LogP contribution in [0, 0.1) is 5.92 Å². The summed E-state index contributed by atoms with van der Waals surface area (Å²) in [5.41, 5.74) is 0. The lowest BCUT2D eigenvalue weighted by Crippen LogP contribution is -2.45. The molecule has 6 nitrogen and oxygen atoms in total. The molecule has 1 fully saturated rings. The van der Waals surface area contributed by atoms with Crippen molar-refractivity contribution >= 4 is 11.7 Å². The van der Waals surface area contributed by atoms with Crippen LogP contribution in [0.1, 0.15) is 13.3 Å². The number of hydrogen-bond acceptors (Lipinski definition) is 5. The highest BCUT2D eigenvalue weighted by Crippen LogP contribution is 2.32. The number of aliphatic hydroxyl groups is 1. The zero-order valence-corrected chi connectivity index (χ0v) is 10.4. The molecule has 0 aromatic rings. The number of nitrogens with zero attached hydrogens (tertiary/aromatic N) is 1. The highest BCUT2D eigenvalue weighted by molar-refractivity contribution is 6.06. The van der Waals surface area contributed by atoms with Crippen LogP contribution in [-0.2, 0) is 19.1 Å². The number of methoxy groups -OCH3 is 1. The molecule has 2 aliphatic rings. The lowest BCUT2D eigenvalue weighted by atomic mass is 10.00. The molecule has 0 unspecified atom stereocenters. The fraction of sp³-hybridized carbons (Fsp3) is 0.667. The lowest BCUT2D eigenvalue weighted by molar-refractivity contribution is -0.149. The van der Waals surface area contributed by atoms with Crippen LogP contribution in [-0.4, -0.2) is 53.8 Å². The molecule has 1 saturated heterocycles. The van der Waals surface area contributed by atoms with E-state index in [-0.39, 0.29) is 42.8 Å².